The Balaban J connectivity index is 1.73. The Morgan fingerprint density at radius 1 is 1.04 bits per heavy atom. The maximum Gasteiger partial charge on any atom is 0.291 e. The summed E-state index contributed by atoms with van der Waals surface area (Å²) in [6, 6.07) is 11.8. The zero-order valence-corrected chi connectivity index (χ0v) is 16.2. The molecular formula is C20H16Cl2N2O4. The average Bonchev–Trinajstić information content (AvgIpc) is 3.08. The third-order valence-corrected chi connectivity index (χ3v) is 5.06. The van der Waals surface area contributed by atoms with Gasteiger partial charge in [0.2, 0.25) is 5.76 Å². The van der Waals surface area contributed by atoms with E-state index in [0.29, 0.717) is 48.0 Å². The fourth-order valence-electron chi connectivity index (χ4n) is 3.08. The molecule has 8 heteroatoms. The van der Waals surface area contributed by atoms with Gasteiger partial charge in [0.1, 0.15) is 11.3 Å². The van der Waals surface area contributed by atoms with E-state index >= 15 is 0 Å². The van der Waals surface area contributed by atoms with Gasteiger partial charge in [0.05, 0.1) is 23.8 Å². The third kappa shape index (κ3) is 3.58. The highest BCUT2D eigenvalue weighted by molar-refractivity contribution is 6.36. The molecule has 0 spiro atoms. The van der Waals surface area contributed by atoms with Crippen molar-refractivity contribution in [3.8, 4) is 0 Å². The van der Waals surface area contributed by atoms with E-state index in [1.807, 2.05) is 6.07 Å². The van der Waals surface area contributed by atoms with Gasteiger partial charge in [-0.15, -0.1) is 0 Å². The van der Waals surface area contributed by atoms with Gasteiger partial charge in [-0.25, -0.2) is 0 Å². The maximum absolute atomic E-state index is 13.0. The summed E-state index contributed by atoms with van der Waals surface area (Å²) in [5.74, 6) is -0.698. The first-order valence-corrected chi connectivity index (χ1v) is 9.45. The van der Waals surface area contributed by atoms with Crippen LogP contribution in [0.25, 0.3) is 11.0 Å². The zero-order chi connectivity index (χ0) is 19.7. The van der Waals surface area contributed by atoms with E-state index in [1.54, 1.807) is 35.2 Å². The quantitative estimate of drug-likeness (QED) is 0.680. The minimum Gasteiger partial charge on any atom is -0.449 e. The number of anilines is 1. The van der Waals surface area contributed by atoms with Crippen molar-refractivity contribution < 1.29 is 18.7 Å². The van der Waals surface area contributed by atoms with Crippen LogP contribution in [-0.4, -0.2) is 43.0 Å². The summed E-state index contributed by atoms with van der Waals surface area (Å²) in [5, 5.41) is 4.06. The fraction of sp³-hybridized carbons (Fsp3) is 0.200. The van der Waals surface area contributed by atoms with Crippen molar-refractivity contribution in [2.24, 2.45) is 0 Å². The minimum atomic E-state index is -0.477. The molecule has 3 aromatic rings. The van der Waals surface area contributed by atoms with Crippen molar-refractivity contribution in [2.45, 2.75) is 0 Å². The van der Waals surface area contributed by atoms with Gasteiger partial charge in [0.25, 0.3) is 11.8 Å². The lowest BCUT2D eigenvalue weighted by molar-refractivity contribution is 0.0285. The number of para-hydroxylation sites is 1. The van der Waals surface area contributed by atoms with Gasteiger partial charge in [0.15, 0.2) is 0 Å². The second-order valence-electron chi connectivity index (χ2n) is 6.29. The summed E-state index contributed by atoms with van der Waals surface area (Å²) in [5.41, 5.74) is 1.03. The van der Waals surface area contributed by atoms with Gasteiger partial charge in [-0.05, 0) is 30.3 Å². The molecule has 1 saturated heterocycles. The number of benzene rings is 2. The van der Waals surface area contributed by atoms with Crippen molar-refractivity contribution in [3.05, 3.63) is 63.8 Å². The number of morpholine rings is 1. The average molecular weight is 419 g/mol. The highest BCUT2D eigenvalue weighted by Crippen LogP contribution is 2.33. The molecule has 0 saturated carbocycles. The summed E-state index contributed by atoms with van der Waals surface area (Å²) in [4.78, 5) is 27.5. The van der Waals surface area contributed by atoms with Crippen molar-refractivity contribution in [1.82, 2.24) is 4.90 Å². The Morgan fingerprint density at radius 2 is 1.79 bits per heavy atom. The standard InChI is InChI=1S/C20H16Cl2N2O4/c21-12-5-6-15(22)14(11-12)19(25)23-17-13-3-1-2-4-16(13)28-18(17)20(26)24-7-9-27-10-8-24/h1-6,11H,7-10H2,(H,23,25). The molecule has 1 N–H and O–H groups in total. The molecule has 6 nitrogen and oxygen atoms in total. The van der Waals surface area contributed by atoms with Crippen LogP contribution in [0.2, 0.25) is 10.0 Å². The highest BCUT2D eigenvalue weighted by Gasteiger charge is 2.28. The van der Waals surface area contributed by atoms with Crippen LogP contribution in [0.1, 0.15) is 20.9 Å². The van der Waals surface area contributed by atoms with Crippen LogP contribution in [0, 0.1) is 0 Å². The van der Waals surface area contributed by atoms with E-state index in [4.69, 9.17) is 32.4 Å². The number of ether oxygens (including phenoxy) is 1. The summed E-state index contributed by atoms with van der Waals surface area (Å²) < 4.78 is 11.1. The van der Waals surface area contributed by atoms with E-state index < -0.39 is 5.91 Å². The lowest BCUT2D eigenvalue weighted by atomic mass is 10.1. The van der Waals surface area contributed by atoms with Crippen molar-refractivity contribution in [1.29, 1.82) is 0 Å². The van der Waals surface area contributed by atoms with Crippen LogP contribution < -0.4 is 5.32 Å². The molecule has 1 aromatic heterocycles. The van der Waals surface area contributed by atoms with Crippen molar-refractivity contribution in [2.75, 3.05) is 31.6 Å². The molecule has 2 amide bonds. The van der Waals surface area contributed by atoms with Crippen LogP contribution in [0.15, 0.2) is 46.9 Å². The summed E-state index contributed by atoms with van der Waals surface area (Å²) in [6.45, 7) is 1.85. The number of halogens is 2. The molecule has 2 aromatic carbocycles. The van der Waals surface area contributed by atoms with Crippen molar-refractivity contribution in [3.63, 3.8) is 0 Å². The SMILES string of the molecule is O=C(Nc1c(C(=O)N2CCOCC2)oc2ccccc12)c1cc(Cl)ccc1Cl. The summed E-state index contributed by atoms with van der Waals surface area (Å²) in [6.07, 6.45) is 0. The number of fused-ring (bicyclic) bond motifs is 1. The molecule has 0 aliphatic carbocycles. The molecule has 1 fully saturated rings. The van der Waals surface area contributed by atoms with Crippen molar-refractivity contribution >= 4 is 51.7 Å². The van der Waals surface area contributed by atoms with Crippen LogP contribution in [-0.2, 0) is 4.74 Å². The van der Waals surface area contributed by atoms with Gasteiger partial charge < -0.3 is 19.4 Å². The number of carbonyl (C=O) groups excluding carboxylic acids is 2. The Kier molecular flexibility index (Phi) is 5.26. The second-order valence-corrected chi connectivity index (χ2v) is 7.13. The topological polar surface area (TPSA) is 71.8 Å². The smallest absolute Gasteiger partial charge is 0.291 e. The molecule has 0 radical (unpaired) electrons. The van der Waals surface area contributed by atoms with E-state index in [2.05, 4.69) is 5.32 Å². The molecule has 2 heterocycles. The van der Waals surface area contributed by atoms with Gasteiger partial charge in [-0.2, -0.15) is 0 Å². The molecule has 0 atom stereocenters. The van der Waals surface area contributed by atoms with Crippen LogP contribution in [0.5, 0.6) is 0 Å². The molecule has 1 aliphatic rings. The Hall–Kier alpha value is -2.54. The number of rotatable bonds is 3. The second kappa shape index (κ2) is 7.83. The van der Waals surface area contributed by atoms with Gasteiger partial charge >= 0.3 is 0 Å². The van der Waals surface area contributed by atoms with E-state index in [0.717, 1.165) is 0 Å². The molecule has 144 valence electrons. The number of carbonyl (C=O) groups is 2. The molecule has 1 aliphatic heterocycles. The predicted octanol–water partition coefficient (Wildman–Crippen LogP) is 4.46. The molecule has 0 unspecified atom stereocenters. The third-order valence-electron chi connectivity index (χ3n) is 4.50. The van der Waals surface area contributed by atoms with Gasteiger partial charge in [0, 0.05) is 23.5 Å². The Bertz CT molecular complexity index is 1060. The van der Waals surface area contributed by atoms with Crippen LogP contribution in [0.3, 0.4) is 0 Å². The molecular weight excluding hydrogens is 403 g/mol. The Labute approximate surface area is 171 Å². The number of nitrogens with zero attached hydrogens (tertiary/aromatic N) is 1. The first-order chi connectivity index (χ1) is 13.5. The number of nitrogens with one attached hydrogen (secondary N) is 1. The lowest BCUT2D eigenvalue weighted by Gasteiger charge is -2.26. The number of amides is 2. The van der Waals surface area contributed by atoms with Gasteiger partial charge in [-0.3, -0.25) is 9.59 Å². The number of hydrogen-bond acceptors (Lipinski definition) is 4. The highest BCUT2D eigenvalue weighted by atomic mass is 35.5. The van der Waals surface area contributed by atoms with Gasteiger partial charge in [-0.1, -0.05) is 35.3 Å². The molecule has 0 bridgehead atoms. The zero-order valence-electron chi connectivity index (χ0n) is 14.7. The number of hydrogen-bond donors (Lipinski definition) is 1. The number of furan rings is 1. The molecule has 4 rings (SSSR count). The van der Waals surface area contributed by atoms with E-state index in [1.165, 1.54) is 6.07 Å². The first-order valence-electron chi connectivity index (χ1n) is 8.69. The first kappa shape index (κ1) is 18.8. The summed E-state index contributed by atoms with van der Waals surface area (Å²) >= 11 is 12.1. The largest absolute Gasteiger partial charge is 0.449 e. The predicted molar refractivity (Wildman–Crippen MR) is 107 cm³/mol. The van der Waals surface area contributed by atoms with E-state index in [-0.39, 0.29) is 22.3 Å². The minimum absolute atomic E-state index is 0.0783. The van der Waals surface area contributed by atoms with Crippen LogP contribution in [0.4, 0.5) is 5.69 Å². The lowest BCUT2D eigenvalue weighted by Crippen LogP contribution is -2.40. The Morgan fingerprint density at radius 3 is 2.57 bits per heavy atom. The van der Waals surface area contributed by atoms with Crippen LogP contribution >= 0.6 is 23.2 Å². The molecule has 28 heavy (non-hydrogen) atoms. The normalized spacial score (nSPS) is 14.3. The monoisotopic (exact) mass is 418 g/mol. The van der Waals surface area contributed by atoms with E-state index in [9.17, 15) is 9.59 Å². The fourth-order valence-corrected chi connectivity index (χ4v) is 3.46. The summed E-state index contributed by atoms with van der Waals surface area (Å²) in [7, 11) is 0. The maximum atomic E-state index is 13.0.